The summed E-state index contributed by atoms with van der Waals surface area (Å²) < 4.78 is 27.2. The maximum Gasteiger partial charge on any atom is 0.196 e. The first-order chi connectivity index (χ1) is 15.6. The van der Waals surface area contributed by atoms with Crippen LogP contribution in [0.2, 0.25) is 0 Å². The molecule has 0 aliphatic rings. The van der Waals surface area contributed by atoms with E-state index in [1.54, 1.807) is 30.1 Å². The van der Waals surface area contributed by atoms with Crippen molar-refractivity contribution in [2.75, 3.05) is 32.2 Å². The fraction of sp³-hybridized carbons (Fsp3) is 0.333. The fourth-order valence-corrected chi connectivity index (χ4v) is 3.15. The van der Waals surface area contributed by atoms with E-state index in [0.717, 1.165) is 29.2 Å². The van der Waals surface area contributed by atoms with Crippen molar-refractivity contribution in [1.82, 2.24) is 14.9 Å². The lowest BCUT2D eigenvalue weighted by atomic mass is 10.2. The van der Waals surface area contributed by atoms with Crippen LogP contribution in [0.4, 0.5) is 10.1 Å². The lowest BCUT2D eigenvalue weighted by molar-refractivity contribution is 0.172. The molecule has 0 aliphatic carbocycles. The maximum absolute atomic E-state index is 14.7. The second kappa shape index (κ2) is 13.8. The van der Waals surface area contributed by atoms with E-state index in [2.05, 4.69) is 20.6 Å². The van der Waals surface area contributed by atoms with E-state index in [4.69, 9.17) is 9.47 Å². The number of rotatable bonds is 10. The van der Waals surface area contributed by atoms with Crippen LogP contribution in [-0.2, 0) is 11.3 Å². The molecule has 33 heavy (non-hydrogen) atoms. The zero-order valence-corrected chi connectivity index (χ0v) is 21.5. The van der Waals surface area contributed by atoms with E-state index in [0.29, 0.717) is 38.0 Å². The van der Waals surface area contributed by atoms with E-state index in [1.807, 2.05) is 44.2 Å². The Morgan fingerprint density at radius 1 is 1.18 bits per heavy atom. The summed E-state index contributed by atoms with van der Waals surface area (Å²) in [5.41, 5.74) is 2.10. The van der Waals surface area contributed by atoms with Gasteiger partial charge >= 0.3 is 0 Å². The van der Waals surface area contributed by atoms with Gasteiger partial charge in [-0.3, -0.25) is 0 Å². The van der Waals surface area contributed by atoms with Crippen molar-refractivity contribution in [2.45, 2.75) is 26.8 Å². The van der Waals surface area contributed by atoms with Crippen LogP contribution < -0.4 is 15.4 Å². The molecule has 2 aromatic carbocycles. The molecule has 0 radical (unpaired) electrons. The number of nitrogens with zero attached hydrogens (tertiary/aromatic N) is 3. The summed E-state index contributed by atoms with van der Waals surface area (Å²) in [4.78, 5) is 8.75. The molecule has 2 N–H and O–H groups in total. The molecule has 0 atom stereocenters. The SMILES string of the molecule is CCNC(=NCc1ccc(-n2ccnc2C)c(F)c1)Nc1cccc(OCCCOC)c1.I. The molecule has 0 bridgehead atoms. The number of nitrogens with one attached hydrogen (secondary N) is 2. The molecule has 3 aromatic rings. The highest BCUT2D eigenvalue weighted by Crippen LogP contribution is 2.19. The van der Waals surface area contributed by atoms with Crippen LogP contribution in [0.15, 0.2) is 59.9 Å². The van der Waals surface area contributed by atoms with E-state index >= 15 is 0 Å². The monoisotopic (exact) mass is 567 g/mol. The van der Waals surface area contributed by atoms with Crippen LogP contribution >= 0.6 is 24.0 Å². The number of guanidine groups is 1. The van der Waals surface area contributed by atoms with Crippen LogP contribution in [0.1, 0.15) is 24.7 Å². The van der Waals surface area contributed by atoms with Gasteiger partial charge in [0.1, 0.15) is 17.4 Å². The third-order valence-corrected chi connectivity index (χ3v) is 4.72. The van der Waals surface area contributed by atoms with Gasteiger partial charge in [-0.2, -0.15) is 0 Å². The molecule has 1 heterocycles. The summed E-state index contributed by atoms with van der Waals surface area (Å²) in [5, 5.41) is 6.49. The minimum absolute atomic E-state index is 0. The standard InChI is InChI=1S/C24H30FN5O2.HI/c1-4-26-24(29-20-7-5-8-21(16-20)32-14-6-13-31-3)28-17-19-9-10-23(22(25)15-19)30-12-11-27-18(30)2;/h5,7-12,15-16H,4,6,13-14,17H2,1-3H3,(H2,26,28,29);1H. The second-order valence-corrected chi connectivity index (χ2v) is 7.17. The Morgan fingerprint density at radius 3 is 2.73 bits per heavy atom. The van der Waals surface area contributed by atoms with Gasteiger partial charge in [-0.25, -0.2) is 14.4 Å². The normalized spacial score (nSPS) is 11.1. The number of hydrogen-bond donors (Lipinski definition) is 2. The van der Waals surface area contributed by atoms with Crippen LogP contribution in [0.5, 0.6) is 5.75 Å². The minimum atomic E-state index is -0.310. The number of aryl methyl sites for hydroxylation is 1. The van der Waals surface area contributed by atoms with Gasteiger partial charge in [0, 0.05) is 50.8 Å². The Hall–Kier alpha value is -2.66. The first kappa shape index (κ1) is 26.6. The summed E-state index contributed by atoms with van der Waals surface area (Å²) in [6, 6.07) is 12.8. The molecule has 9 heteroatoms. The van der Waals surface area contributed by atoms with Gasteiger partial charge in [0.25, 0.3) is 0 Å². The maximum atomic E-state index is 14.7. The molecule has 7 nitrogen and oxygen atoms in total. The molecule has 0 aliphatic heterocycles. The van der Waals surface area contributed by atoms with E-state index in [1.165, 1.54) is 6.07 Å². The largest absolute Gasteiger partial charge is 0.493 e. The van der Waals surface area contributed by atoms with Crippen molar-refractivity contribution in [2.24, 2.45) is 4.99 Å². The molecule has 178 valence electrons. The lowest BCUT2D eigenvalue weighted by Crippen LogP contribution is -2.30. The molecule has 3 rings (SSSR count). The molecule has 0 saturated heterocycles. The summed E-state index contributed by atoms with van der Waals surface area (Å²) >= 11 is 0. The Balaban J connectivity index is 0.00000385. The molecule has 0 amide bonds. The molecule has 0 unspecified atom stereocenters. The topological polar surface area (TPSA) is 72.7 Å². The lowest BCUT2D eigenvalue weighted by Gasteiger charge is -2.13. The highest BCUT2D eigenvalue weighted by Gasteiger charge is 2.08. The quantitative estimate of drug-likeness (QED) is 0.157. The first-order valence-corrected chi connectivity index (χ1v) is 10.7. The number of benzene rings is 2. The van der Waals surface area contributed by atoms with Crippen LogP contribution in [0.25, 0.3) is 5.69 Å². The van der Waals surface area contributed by atoms with Gasteiger partial charge in [-0.15, -0.1) is 24.0 Å². The van der Waals surface area contributed by atoms with E-state index in [9.17, 15) is 4.39 Å². The Bertz CT molecular complexity index is 1040. The van der Waals surface area contributed by atoms with Crippen molar-refractivity contribution in [3.05, 3.63) is 72.1 Å². The second-order valence-electron chi connectivity index (χ2n) is 7.17. The minimum Gasteiger partial charge on any atom is -0.493 e. The molecule has 1 aromatic heterocycles. The number of hydrogen-bond acceptors (Lipinski definition) is 4. The zero-order valence-electron chi connectivity index (χ0n) is 19.2. The Kier molecular flexibility index (Phi) is 11.1. The molecular weight excluding hydrogens is 536 g/mol. The summed E-state index contributed by atoms with van der Waals surface area (Å²) in [7, 11) is 1.68. The summed E-state index contributed by atoms with van der Waals surface area (Å²) in [6.07, 6.45) is 4.23. The highest BCUT2D eigenvalue weighted by atomic mass is 127. The van der Waals surface area contributed by atoms with Gasteiger partial charge in [0.15, 0.2) is 5.96 Å². The predicted molar refractivity (Wildman–Crippen MR) is 141 cm³/mol. The Morgan fingerprint density at radius 2 is 2.03 bits per heavy atom. The average molecular weight is 567 g/mol. The van der Waals surface area contributed by atoms with Crippen LogP contribution in [0.3, 0.4) is 0 Å². The predicted octanol–water partition coefficient (Wildman–Crippen LogP) is 4.93. The van der Waals surface area contributed by atoms with Crippen molar-refractivity contribution in [3.63, 3.8) is 0 Å². The molecule has 0 fully saturated rings. The van der Waals surface area contributed by atoms with Crippen LogP contribution in [-0.4, -0.2) is 42.4 Å². The summed E-state index contributed by atoms with van der Waals surface area (Å²) in [6.45, 7) is 6.12. The Labute approximate surface area is 211 Å². The average Bonchev–Trinajstić information content (AvgIpc) is 3.21. The third kappa shape index (κ3) is 8.01. The summed E-state index contributed by atoms with van der Waals surface area (Å²) in [5.74, 6) is 1.81. The van der Waals surface area contributed by atoms with Gasteiger partial charge in [0.05, 0.1) is 18.8 Å². The van der Waals surface area contributed by atoms with Crippen molar-refractivity contribution in [1.29, 1.82) is 0 Å². The number of imidazole rings is 1. The van der Waals surface area contributed by atoms with Gasteiger partial charge < -0.3 is 24.7 Å². The number of methoxy groups -OCH3 is 1. The molecule has 0 spiro atoms. The highest BCUT2D eigenvalue weighted by molar-refractivity contribution is 14.0. The van der Waals surface area contributed by atoms with Crippen molar-refractivity contribution < 1.29 is 13.9 Å². The number of aliphatic imine (C=N–C) groups is 1. The molecule has 0 saturated carbocycles. The third-order valence-electron chi connectivity index (χ3n) is 4.72. The van der Waals surface area contributed by atoms with Gasteiger partial charge in [0.2, 0.25) is 0 Å². The number of aromatic nitrogens is 2. The van der Waals surface area contributed by atoms with Crippen molar-refractivity contribution >= 4 is 35.6 Å². The number of halogens is 2. The number of ether oxygens (including phenoxy) is 2. The van der Waals surface area contributed by atoms with E-state index < -0.39 is 0 Å². The smallest absolute Gasteiger partial charge is 0.196 e. The van der Waals surface area contributed by atoms with Gasteiger partial charge in [-0.1, -0.05) is 12.1 Å². The number of anilines is 1. The first-order valence-electron chi connectivity index (χ1n) is 10.7. The zero-order chi connectivity index (χ0) is 22.8. The van der Waals surface area contributed by atoms with E-state index in [-0.39, 0.29) is 29.8 Å². The van der Waals surface area contributed by atoms with Gasteiger partial charge in [-0.05, 0) is 43.7 Å². The molecular formula is C24H31FIN5O2. The fourth-order valence-electron chi connectivity index (χ4n) is 3.15. The van der Waals surface area contributed by atoms with Crippen LogP contribution in [0, 0.1) is 12.7 Å². The van der Waals surface area contributed by atoms with Crippen molar-refractivity contribution in [3.8, 4) is 11.4 Å².